The van der Waals surface area contributed by atoms with Crippen molar-refractivity contribution in [3.63, 3.8) is 0 Å². The van der Waals surface area contributed by atoms with Crippen LogP contribution in [0.2, 0.25) is 0 Å². The van der Waals surface area contributed by atoms with Gasteiger partial charge in [-0.1, -0.05) is 12.1 Å². The monoisotopic (exact) mass is 143 g/mol. The Morgan fingerprint density at radius 3 is 3.09 bits per heavy atom. The molecule has 1 heterocycles. The molecule has 2 heteroatoms. The highest BCUT2D eigenvalue weighted by Gasteiger charge is 1.95. The standard InChI is InChI=1S/C9H7N2/c1-7-3-2-4-8-9(7)11-6-5-10-8/h2-4,6H,1H3. The second-order valence-electron chi connectivity index (χ2n) is 2.44. The number of para-hydroxylation sites is 1. The number of benzene rings is 1. The molecule has 0 unspecified atom stereocenters. The summed E-state index contributed by atoms with van der Waals surface area (Å²) in [6.45, 7) is 2.02. The summed E-state index contributed by atoms with van der Waals surface area (Å²) < 4.78 is 0. The van der Waals surface area contributed by atoms with Crippen LogP contribution in [0, 0.1) is 13.1 Å². The molecule has 0 aliphatic carbocycles. The highest BCUT2D eigenvalue weighted by atomic mass is 14.8. The van der Waals surface area contributed by atoms with Gasteiger partial charge < -0.3 is 0 Å². The number of hydrogen-bond acceptors (Lipinski definition) is 2. The van der Waals surface area contributed by atoms with Crippen molar-refractivity contribution in [1.82, 2.24) is 9.97 Å². The minimum absolute atomic E-state index is 0.910. The van der Waals surface area contributed by atoms with E-state index in [0.29, 0.717) is 0 Å². The highest BCUT2D eigenvalue weighted by Crippen LogP contribution is 2.11. The van der Waals surface area contributed by atoms with Crippen LogP contribution in [-0.2, 0) is 0 Å². The van der Waals surface area contributed by atoms with Gasteiger partial charge in [0.15, 0.2) is 0 Å². The highest BCUT2D eigenvalue weighted by molar-refractivity contribution is 5.76. The fourth-order valence-electron chi connectivity index (χ4n) is 1.09. The number of aryl methyl sites for hydroxylation is 1. The predicted octanol–water partition coefficient (Wildman–Crippen LogP) is 1.74. The van der Waals surface area contributed by atoms with E-state index >= 15 is 0 Å². The van der Waals surface area contributed by atoms with Crippen molar-refractivity contribution in [2.75, 3.05) is 0 Å². The topological polar surface area (TPSA) is 25.8 Å². The van der Waals surface area contributed by atoms with Crippen molar-refractivity contribution in [2.45, 2.75) is 6.92 Å². The largest absolute Gasteiger partial charge is 0.252 e. The SMILES string of the molecule is Cc1cccc2n[c]cnc12. The van der Waals surface area contributed by atoms with Crippen LogP contribution in [0.1, 0.15) is 5.56 Å². The summed E-state index contributed by atoms with van der Waals surface area (Å²) in [6.07, 6.45) is 4.29. The molecule has 0 aliphatic rings. The molecule has 0 saturated heterocycles. The molecule has 0 aliphatic heterocycles. The van der Waals surface area contributed by atoms with Crippen molar-refractivity contribution >= 4 is 11.0 Å². The third kappa shape index (κ3) is 0.963. The lowest BCUT2D eigenvalue weighted by Crippen LogP contribution is -1.84. The first-order valence-corrected chi connectivity index (χ1v) is 3.46. The number of rotatable bonds is 0. The molecule has 53 valence electrons. The first-order chi connectivity index (χ1) is 5.38. The molecule has 0 fully saturated rings. The maximum atomic E-state index is 4.16. The number of aromatic nitrogens is 2. The van der Waals surface area contributed by atoms with E-state index in [0.717, 1.165) is 16.6 Å². The molecular formula is C9H7N2. The summed E-state index contributed by atoms with van der Waals surface area (Å²) in [4.78, 5) is 8.22. The van der Waals surface area contributed by atoms with Crippen LogP contribution in [0.5, 0.6) is 0 Å². The third-order valence-electron chi connectivity index (χ3n) is 1.65. The first-order valence-electron chi connectivity index (χ1n) is 3.46. The number of nitrogens with zero attached hydrogens (tertiary/aromatic N) is 2. The number of fused-ring (bicyclic) bond motifs is 1. The molecule has 1 aromatic heterocycles. The van der Waals surface area contributed by atoms with Crippen molar-refractivity contribution in [2.24, 2.45) is 0 Å². The molecule has 2 rings (SSSR count). The van der Waals surface area contributed by atoms with E-state index in [4.69, 9.17) is 0 Å². The minimum atomic E-state index is 0.910. The second-order valence-corrected chi connectivity index (χ2v) is 2.44. The lowest BCUT2D eigenvalue weighted by atomic mass is 10.2. The molecular weight excluding hydrogens is 136 g/mol. The molecule has 0 amide bonds. The minimum Gasteiger partial charge on any atom is -0.252 e. The van der Waals surface area contributed by atoms with Gasteiger partial charge in [-0.15, -0.1) is 0 Å². The van der Waals surface area contributed by atoms with Crippen LogP contribution >= 0.6 is 0 Å². The molecule has 2 aromatic rings. The summed E-state index contributed by atoms with van der Waals surface area (Å²) in [5.74, 6) is 0. The van der Waals surface area contributed by atoms with Gasteiger partial charge in [-0.2, -0.15) is 0 Å². The lowest BCUT2D eigenvalue weighted by Gasteiger charge is -1.96. The molecule has 0 N–H and O–H groups in total. The Bertz CT molecular complexity index is 377. The fraction of sp³-hybridized carbons (Fsp3) is 0.111. The van der Waals surface area contributed by atoms with Gasteiger partial charge in [0.05, 0.1) is 17.2 Å². The van der Waals surface area contributed by atoms with Crippen molar-refractivity contribution in [3.05, 3.63) is 36.2 Å². The van der Waals surface area contributed by atoms with Gasteiger partial charge in [0, 0.05) is 0 Å². The maximum absolute atomic E-state index is 4.16. The van der Waals surface area contributed by atoms with Crippen molar-refractivity contribution in [1.29, 1.82) is 0 Å². The normalized spacial score (nSPS) is 10.3. The molecule has 0 bridgehead atoms. The molecule has 0 saturated carbocycles. The Morgan fingerprint density at radius 2 is 2.27 bits per heavy atom. The Morgan fingerprint density at radius 1 is 1.36 bits per heavy atom. The molecule has 2 nitrogen and oxygen atoms in total. The zero-order valence-electron chi connectivity index (χ0n) is 6.20. The van der Waals surface area contributed by atoms with E-state index in [1.165, 1.54) is 0 Å². The van der Waals surface area contributed by atoms with Crippen LogP contribution in [0.4, 0.5) is 0 Å². The van der Waals surface area contributed by atoms with Crippen LogP contribution in [0.15, 0.2) is 24.4 Å². The van der Waals surface area contributed by atoms with Crippen molar-refractivity contribution in [3.8, 4) is 0 Å². The molecule has 1 aromatic carbocycles. The summed E-state index contributed by atoms with van der Waals surface area (Å²) in [6, 6.07) is 5.93. The summed E-state index contributed by atoms with van der Waals surface area (Å²) in [5, 5.41) is 0. The molecule has 1 radical (unpaired) electrons. The zero-order chi connectivity index (χ0) is 7.68. The Balaban J connectivity index is 2.91. The quantitative estimate of drug-likeness (QED) is 0.561. The fourth-order valence-corrected chi connectivity index (χ4v) is 1.09. The van der Waals surface area contributed by atoms with E-state index in [9.17, 15) is 0 Å². The van der Waals surface area contributed by atoms with Crippen LogP contribution < -0.4 is 0 Å². The van der Waals surface area contributed by atoms with Gasteiger partial charge in [0.25, 0.3) is 0 Å². The van der Waals surface area contributed by atoms with E-state index in [1.807, 2.05) is 25.1 Å². The summed E-state index contributed by atoms with van der Waals surface area (Å²) >= 11 is 0. The van der Waals surface area contributed by atoms with Crippen LogP contribution in [0.3, 0.4) is 0 Å². The van der Waals surface area contributed by atoms with Gasteiger partial charge in [-0.25, -0.2) is 4.98 Å². The molecule has 0 spiro atoms. The van der Waals surface area contributed by atoms with E-state index in [-0.39, 0.29) is 0 Å². The summed E-state index contributed by atoms with van der Waals surface area (Å²) in [5.41, 5.74) is 3.03. The summed E-state index contributed by atoms with van der Waals surface area (Å²) in [7, 11) is 0. The lowest BCUT2D eigenvalue weighted by molar-refractivity contribution is 1.26. The second kappa shape index (κ2) is 2.31. The van der Waals surface area contributed by atoms with Gasteiger partial charge in [0.1, 0.15) is 6.20 Å². The Labute approximate surface area is 64.9 Å². The molecule has 0 atom stereocenters. The van der Waals surface area contributed by atoms with E-state index < -0.39 is 0 Å². The smallest absolute Gasteiger partial charge is 0.109 e. The average molecular weight is 143 g/mol. The molecule has 11 heavy (non-hydrogen) atoms. The number of hydrogen-bond donors (Lipinski definition) is 0. The Kier molecular flexibility index (Phi) is 1.32. The van der Waals surface area contributed by atoms with Crippen LogP contribution in [-0.4, -0.2) is 9.97 Å². The van der Waals surface area contributed by atoms with Gasteiger partial charge >= 0.3 is 0 Å². The van der Waals surface area contributed by atoms with Crippen molar-refractivity contribution < 1.29 is 0 Å². The average Bonchev–Trinajstić information content (AvgIpc) is 2.06. The Hall–Kier alpha value is -1.44. The van der Waals surface area contributed by atoms with Gasteiger partial charge in [0.2, 0.25) is 0 Å². The zero-order valence-corrected chi connectivity index (χ0v) is 6.20. The van der Waals surface area contributed by atoms with Gasteiger partial charge in [-0.05, 0) is 18.6 Å². The predicted molar refractivity (Wildman–Crippen MR) is 43.1 cm³/mol. The third-order valence-corrected chi connectivity index (χ3v) is 1.65. The van der Waals surface area contributed by atoms with E-state index in [2.05, 4.69) is 16.2 Å². The van der Waals surface area contributed by atoms with E-state index in [1.54, 1.807) is 6.20 Å². The van der Waals surface area contributed by atoms with Gasteiger partial charge in [-0.3, -0.25) is 4.98 Å². The van der Waals surface area contributed by atoms with Crippen LogP contribution in [0.25, 0.3) is 11.0 Å². The first kappa shape index (κ1) is 6.28. The maximum Gasteiger partial charge on any atom is 0.109 e.